The van der Waals surface area contributed by atoms with Crippen molar-refractivity contribution in [3.8, 4) is 0 Å². The van der Waals surface area contributed by atoms with Crippen LogP contribution in [0.4, 0.5) is 4.39 Å². The molecule has 3 heterocycles. The zero-order valence-corrected chi connectivity index (χ0v) is 14.9. The Balaban J connectivity index is 1.47. The lowest BCUT2D eigenvalue weighted by atomic mass is 10.1. The number of carbonyl (C=O) groups excluding carboxylic acids is 1. The molecule has 0 spiro atoms. The van der Waals surface area contributed by atoms with Gasteiger partial charge in [0.15, 0.2) is 17.2 Å². The van der Waals surface area contributed by atoms with Crippen LogP contribution in [0.1, 0.15) is 21.0 Å². The summed E-state index contributed by atoms with van der Waals surface area (Å²) in [6.45, 7) is 6.04. The Morgan fingerprint density at radius 3 is 2.76 bits per heavy atom. The number of fused-ring (bicyclic) bond motifs is 1. The van der Waals surface area contributed by atoms with Crippen molar-refractivity contribution in [2.24, 2.45) is 0 Å². The second-order valence-electron chi connectivity index (χ2n) is 6.47. The number of quaternary nitrogens is 1. The van der Waals surface area contributed by atoms with Crippen LogP contribution in [-0.2, 0) is 6.54 Å². The molecular weight excluding hydrogens is 339 g/mol. The van der Waals surface area contributed by atoms with Crippen molar-refractivity contribution < 1.29 is 18.5 Å². The van der Waals surface area contributed by atoms with E-state index >= 15 is 0 Å². The first-order valence-corrected chi connectivity index (χ1v) is 9.34. The Morgan fingerprint density at radius 2 is 2.08 bits per heavy atom. The average molecular weight is 359 g/mol. The molecule has 1 saturated heterocycles. The summed E-state index contributed by atoms with van der Waals surface area (Å²) in [4.78, 5) is 17.5. The van der Waals surface area contributed by atoms with Crippen molar-refractivity contribution in [2.75, 3.05) is 26.2 Å². The van der Waals surface area contributed by atoms with Gasteiger partial charge >= 0.3 is 0 Å². The molecule has 4 nitrogen and oxygen atoms in total. The first-order chi connectivity index (χ1) is 12.1. The zero-order chi connectivity index (χ0) is 17.4. The third-order valence-corrected chi connectivity index (χ3v) is 5.75. The monoisotopic (exact) mass is 359 g/mol. The Bertz CT molecular complexity index is 896. The first-order valence-electron chi connectivity index (χ1n) is 8.46. The lowest BCUT2D eigenvalue weighted by Gasteiger charge is -2.31. The molecular formula is C19H20FN2O2S+. The van der Waals surface area contributed by atoms with Gasteiger partial charge in [-0.1, -0.05) is 18.2 Å². The molecule has 4 rings (SSSR count). The maximum atomic E-state index is 13.9. The van der Waals surface area contributed by atoms with Crippen molar-refractivity contribution in [3.05, 3.63) is 57.7 Å². The number of halogens is 1. The van der Waals surface area contributed by atoms with E-state index in [2.05, 4.69) is 17.5 Å². The summed E-state index contributed by atoms with van der Waals surface area (Å²) in [5.74, 6) is -0.296. The molecule has 1 fully saturated rings. The molecule has 3 aromatic rings. The topological polar surface area (TPSA) is 37.9 Å². The van der Waals surface area contributed by atoms with Crippen LogP contribution in [0.3, 0.4) is 0 Å². The minimum atomic E-state index is -0.426. The molecule has 0 atom stereocenters. The number of furan rings is 1. The molecule has 1 N–H and O–H groups in total. The Morgan fingerprint density at radius 1 is 1.28 bits per heavy atom. The summed E-state index contributed by atoms with van der Waals surface area (Å²) >= 11 is 1.77. The summed E-state index contributed by atoms with van der Waals surface area (Å²) in [7, 11) is 0. The number of thiophene rings is 1. The number of piperazine rings is 1. The summed E-state index contributed by atoms with van der Waals surface area (Å²) in [5, 5.41) is 2.77. The first kappa shape index (κ1) is 16.3. The summed E-state index contributed by atoms with van der Waals surface area (Å²) in [5.41, 5.74) is 0.887. The van der Waals surface area contributed by atoms with Crippen LogP contribution in [0.2, 0.25) is 0 Å². The van der Waals surface area contributed by atoms with Crippen molar-refractivity contribution in [3.63, 3.8) is 0 Å². The van der Waals surface area contributed by atoms with Crippen LogP contribution in [0.5, 0.6) is 0 Å². The molecule has 130 valence electrons. The SMILES string of the molecule is Cc1c(C(=O)N2CC[NH+](Cc3cccs3)CC2)oc2c(F)cccc12. The number of rotatable bonds is 3. The predicted molar refractivity (Wildman–Crippen MR) is 95.5 cm³/mol. The van der Waals surface area contributed by atoms with E-state index in [1.165, 1.54) is 15.8 Å². The molecule has 1 aromatic carbocycles. The molecule has 2 aromatic heterocycles. The number of benzene rings is 1. The molecule has 0 saturated carbocycles. The number of amides is 1. The number of nitrogens with zero attached hydrogens (tertiary/aromatic N) is 1. The van der Waals surface area contributed by atoms with Gasteiger partial charge in [0, 0.05) is 10.9 Å². The van der Waals surface area contributed by atoms with Crippen LogP contribution in [0.15, 0.2) is 40.1 Å². The van der Waals surface area contributed by atoms with Gasteiger partial charge in [0.05, 0.1) is 31.1 Å². The maximum absolute atomic E-state index is 13.9. The molecule has 0 aliphatic carbocycles. The van der Waals surface area contributed by atoms with Gasteiger partial charge in [0.25, 0.3) is 5.91 Å². The molecule has 0 bridgehead atoms. The zero-order valence-electron chi connectivity index (χ0n) is 14.0. The highest BCUT2D eigenvalue weighted by Crippen LogP contribution is 2.28. The number of para-hydroxylation sites is 1. The highest BCUT2D eigenvalue weighted by molar-refractivity contribution is 7.09. The quantitative estimate of drug-likeness (QED) is 0.780. The molecule has 25 heavy (non-hydrogen) atoms. The van der Waals surface area contributed by atoms with E-state index in [1.807, 2.05) is 11.8 Å². The predicted octanol–water partition coefficient (Wildman–Crippen LogP) is 2.48. The van der Waals surface area contributed by atoms with Crippen LogP contribution in [0.25, 0.3) is 11.0 Å². The Labute approximate surface area is 149 Å². The van der Waals surface area contributed by atoms with Gasteiger partial charge in [0.1, 0.15) is 6.54 Å². The van der Waals surface area contributed by atoms with Crippen LogP contribution in [-0.4, -0.2) is 37.0 Å². The number of aryl methyl sites for hydroxylation is 1. The second kappa shape index (κ2) is 6.61. The molecule has 0 radical (unpaired) electrons. The summed E-state index contributed by atoms with van der Waals surface area (Å²) in [6.07, 6.45) is 0. The van der Waals surface area contributed by atoms with Crippen molar-refractivity contribution in [1.82, 2.24) is 4.90 Å². The lowest BCUT2D eigenvalue weighted by molar-refractivity contribution is -0.917. The second-order valence-corrected chi connectivity index (χ2v) is 7.50. The molecule has 0 unspecified atom stereocenters. The fourth-order valence-electron chi connectivity index (χ4n) is 3.42. The molecule has 1 aliphatic rings. The third kappa shape index (κ3) is 3.07. The van der Waals surface area contributed by atoms with Gasteiger partial charge in [-0.2, -0.15) is 0 Å². The van der Waals surface area contributed by atoms with Gasteiger partial charge in [-0.25, -0.2) is 4.39 Å². The van der Waals surface area contributed by atoms with E-state index in [0.717, 1.165) is 19.6 Å². The van der Waals surface area contributed by atoms with Crippen molar-refractivity contribution in [1.29, 1.82) is 0 Å². The number of hydrogen-bond donors (Lipinski definition) is 1. The molecule has 6 heteroatoms. The van der Waals surface area contributed by atoms with Crippen LogP contribution in [0, 0.1) is 12.7 Å². The normalized spacial score (nSPS) is 15.8. The fraction of sp³-hybridized carbons (Fsp3) is 0.316. The van der Waals surface area contributed by atoms with E-state index < -0.39 is 5.82 Å². The minimum absolute atomic E-state index is 0.136. The van der Waals surface area contributed by atoms with Crippen LogP contribution >= 0.6 is 11.3 Å². The fourth-order valence-corrected chi connectivity index (χ4v) is 4.20. The maximum Gasteiger partial charge on any atom is 0.290 e. The standard InChI is InChI=1S/C19H19FN2O2S/c1-13-15-5-2-6-16(20)18(15)24-17(13)19(23)22-9-7-21(8-10-22)12-14-4-3-11-25-14/h2-6,11H,7-10,12H2,1H3/p+1. The van der Waals surface area contributed by atoms with Gasteiger partial charge in [-0.3, -0.25) is 4.79 Å². The molecule has 1 aliphatic heterocycles. The number of carbonyl (C=O) groups is 1. The van der Waals surface area contributed by atoms with Crippen molar-refractivity contribution in [2.45, 2.75) is 13.5 Å². The van der Waals surface area contributed by atoms with Gasteiger partial charge in [0.2, 0.25) is 0 Å². The largest absolute Gasteiger partial charge is 0.448 e. The highest BCUT2D eigenvalue weighted by Gasteiger charge is 2.28. The average Bonchev–Trinajstić information content (AvgIpc) is 3.24. The highest BCUT2D eigenvalue weighted by atomic mass is 32.1. The van der Waals surface area contributed by atoms with E-state index in [0.29, 0.717) is 24.0 Å². The minimum Gasteiger partial charge on any atom is -0.448 e. The van der Waals surface area contributed by atoms with E-state index in [-0.39, 0.29) is 17.3 Å². The van der Waals surface area contributed by atoms with Gasteiger partial charge < -0.3 is 14.2 Å². The smallest absolute Gasteiger partial charge is 0.290 e. The van der Waals surface area contributed by atoms with E-state index in [4.69, 9.17) is 4.42 Å². The molecule has 1 amide bonds. The van der Waals surface area contributed by atoms with Gasteiger partial charge in [-0.05, 0) is 24.4 Å². The number of nitrogens with one attached hydrogen (secondary N) is 1. The van der Waals surface area contributed by atoms with Crippen molar-refractivity contribution >= 4 is 28.2 Å². The van der Waals surface area contributed by atoms with E-state index in [1.54, 1.807) is 23.5 Å². The third-order valence-electron chi connectivity index (χ3n) is 4.87. The summed E-state index contributed by atoms with van der Waals surface area (Å²) in [6, 6.07) is 9.01. The number of hydrogen-bond acceptors (Lipinski definition) is 3. The Hall–Kier alpha value is -2.18. The van der Waals surface area contributed by atoms with Gasteiger partial charge in [-0.15, -0.1) is 11.3 Å². The summed E-state index contributed by atoms with van der Waals surface area (Å²) < 4.78 is 19.5. The lowest BCUT2D eigenvalue weighted by Crippen LogP contribution is -3.13. The Kier molecular flexibility index (Phi) is 4.31. The van der Waals surface area contributed by atoms with Crippen LogP contribution < -0.4 is 4.90 Å². The van der Waals surface area contributed by atoms with E-state index in [9.17, 15) is 9.18 Å².